The third-order valence-electron chi connectivity index (χ3n) is 5.55. The van der Waals surface area contributed by atoms with Gasteiger partial charge in [-0.25, -0.2) is 8.42 Å². The largest absolute Gasteiger partial charge is 0.355 e. The lowest BCUT2D eigenvalue weighted by Gasteiger charge is -2.19. The Labute approximate surface area is 156 Å². The van der Waals surface area contributed by atoms with Crippen molar-refractivity contribution in [1.29, 1.82) is 0 Å². The van der Waals surface area contributed by atoms with Crippen molar-refractivity contribution in [2.24, 2.45) is 17.3 Å². The van der Waals surface area contributed by atoms with Crippen LogP contribution in [-0.2, 0) is 21.2 Å². The number of para-hydroxylation sites is 1. The van der Waals surface area contributed by atoms with Crippen molar-refractivity contribution in [2.75, 3.05) is 23.1 Å². The highest BCUT2D eigenvalue weighted by atomic mass is 32.2. The van der Waals surface area contributed by atoms with Crippen LogP contribution < -0.4 is 9.62 Å². The molecule has 1 N–H and O–H groups in total. The molecule has 3 rings (SSSR count). The van der Waals surface area contributed by atoms with Gasteiger partial charge in [-0.05, 0) is 43.2 Å². The Balaban J connectivity index is 1.57. The monoisotopic (exact) mass is 376 g/mol. The van der Waals surface area contributed by atoms with Crippen LogP contribution in [0.25, 0.3) is 0 Å². The number of hydrogen-bond donors (Lipinski definition) is 1. The molecule has 0 aromatic heterocycles. The van der Waals surface area contributed by atoms with E-state index in [0.29, 0.717) is 6.54 Å². The molecule has 1 aliphatic carbocycles. The molecule has 6 heteroatoms. The minimum absolute atomic E-state index is 0.0467. The topological polar surface area (TPSA) is 66.5 Å². The summed E-state index contributed by atoms with van der Waals surface area (Å²) in [6.45, 7) is 8.86. The number of carbonyl (C=O) groups is 1. The van der Waals surface area contributed by atoms with Gasteiger partial charge in [0, 0.05) is 13.1 Å². The number of anilines is 1. The zero-order valence-corrected chi connectivity index (χ0v) is 16.8. The minimum atomic E-state index is -3.43. The lowest BCUT2D eigenvalue weighted by molar-refractivity contribution is -0.123. The number of allylic oxidation sites excluding steroid dienone is 2. The first-order chi connectivity index (χ1) is 12.1. The lowest BCUT2D eigenvalue weighted by Crippen LogP contribution is -2.37. The summed E-state index contributed by atoms with van der Waals surface area (Å²) in [5.74, 6) is 0.0322. The summed E-state index contributed by atoms with van der Waals surface area (Å²) in [6.07, 6.45) is 2.88. The molecule has 0 spiro atoms. The van der Waals surface area contributed by atoms with Crippen molar-refractivity contribution in [2.45, 2.75) is 34.1 Å². The molecule has 0 radical (unpaired) electrons. The van der Waals surface area contributed by atoms with Crippen molar-refractivity contribution < 1.29 is 13.2 Å². The summed E-state index contributed by atoms with van der Waals surface area (Å²) in [6, 6.07) is 7.59. The molecule has 2 aliphatic rings. The van der Waals surface area contributed by atoms with E-state index >= 15 is 0 Å². The van der Waals surface area contributed by atoms with Gasteiger partial charge in [0.15, 0.2) is 0 Å². The first-order valence-electron chi connectivity index (χ1n) is 9.15. The number of carbonyl (C=O) groups excluding carboxylic acids is 1. The molecule has 0 bridgehead atoms. The molecule has 0 unspecified atom stereocenters. The molecule has 142 valence electrons. The molecule has 26 heavy (non-hydrogen) atoms. The number of rotatable bonds is 6. The van der Waals surface area contributed by atoms with Crippen LogP contribution in [-0.4, -0.2) is 33.2 Å². The predicted octanol–water partition coefficient (Wildman–Crippen LogP) is 2.73. The van der Waals surface area contributed by atoms with Gasteiger partial charge in [0.25, 0.3) is 0 Å². The zero-order valence-electron chi connectivity index (χ0n) is 16.0. The number of hydrogen-bond acceptors (Lipinski definition) is 3. The highest BCUT2D eigenvalue weighted by Gasteiger charge is 2.60. The van der Waals surface area contributed by atoms with E-state index in [1.165, 1.54) is 9.88 Å². The molecule has 5 nitrogen and oxygen atoms in total. The van der Waals surface area contributed by atoms with E-state index in [2.05, 4.69) is 25.2 Å². The molecule has 1 heterocycles. The number of fused-ring (bicyclic) bond motifs is 1. The van der Waals surface area contributed by atoms with Gasteiger partial charge in [-0.3, -0.25) is 9.10 Å². The second kappa shape index (κ2) is 6.72. The maximum Gasteiger partial charge on any atom is 0.236 e. The number of amides is 1. The zero-order chi connectivity index (χ0) is 19.1. The van der Waals surface area contributed by atoms with Gasteiger partial charge in [0.1, 0.15) is 0 Å². The summed E-state index contributed by atoms with van der Waals surface area (Å²) in [5.41, 5.74) is 2.97. The van der Waals surface area contributed by atoms with E-state index < -0.39 is 10.0 Å². The van der Waals surface area contributed by atoms with E-state index in [1.54, 1.807) is 0 Å². The first kappa shape index (κ1) is 19.0. The van der Waals surface area contributed by atoms with Gasteiger partial charge in [-0.2, -0.15) is 0 Å². The molecule has 1 aromatic rings. The Morgan fingerprint density at radius 3 is 2.69 bits per heavy atom. The Morgan fingerprint density at radius 2 is 2.00 bits per heavy atom. The Kier molecular flexibility index (Phi) is 4.90. The average Bonchev–Trinajstić information content (AvgIpc) is 2.92. The molecule has 2 atom stereocenters. The van der Waals surface area contributed by atoms with E-state index in [-0.39, 0.29) is 35.5 Å². The molecule has 1 aliphatic heterocycles. The molecule has 1 fully saturated rings. The normalized spacial score (nSPS) is 23.3. The Bertz CT molecular complexity index is 838. The second-order valence-corrected chi connectivity index (χ2v) is 10.1. The van der Waals surface area contributed by atoms with Crippen LogP contribution in [0.4, 0.5) is 5.69 Å². The Morgan fingerprint density at radius 1 is 1.31 bits per heavy atom. The van der Waals surface area contributed by atoms with Gasteiger partial charge in [-0.1, -0.05) is 43.7 Å². The molecular weight excluding hydrogens is 348 g/mol. The van der Waals surface area contributed by atoms with Crippen molar-refractivity contribution in [1.82, 2.24) is 5.32 Å². The number of nitrogens with one attached hydrogen (secondary N) is 1. The Hall–Kier alpha value is -1.82. The van der Waals surface area contributed by atoms with Gasteiger partial charge < -0.3 is 5.32 Å². The van der Waals surface area contributed by atoms with Crippen LogP contribution >= 0.6 is 0 Å². The smallest absolute Gasteiger partial charge is 0.236 e. The van der Waals surface area contributed by atoms with Crippen molar-refractivity contribution in [3.05, 3.63) is 41.5 Å². The van der Waals surface area contributed by atoms with E-state index in [4.69, 9.17) is 0 Å². The third kappa shape index (κ3) is 3.52. The van der Waals surface area contributed by atoms with Crippen LogP contribution in [0.3, 0.4) is 0 Å². The summed E-state index contributed by atoms with van der Waals surface area (Å²) in [5, 5.41) is 2.83. The highest BCUT2D eigenvalue weighted by molar-refractivity contribution is 7.92. The van der Waals surface area contributed by atoms with Crippen LogP contribution in [0.15, 0.2) is 35.9 Å². The fraction of sp³-hybridized carbons (Fsp3) is 0.550. The number of benzene rings is 1. The van der Waals surface area contributed by atoms with E-state index in [0.717, 1.165) is 17.7 Å². The van der Waals surface area contributed by atoms with Crippen molar-refractivity contribution >= 4 is 21.6 Å². The molecule has 1 amide bonds. The second-order valence-electron chi connectivity index (χ2n) is 8.13. The quantitative estimate of drug-likeness (QED) is 0.777. The summed E-state index contributed by atoms with van der Waals surface area (Å²) >= 11 is 0. The molecule has 0 saturated heterocycles. The maximum absolute atomic E-state index is 12.7. The van der Waals surface area contributed by atoms with E-state index in [9.17, 15) is 13.2 Å². The van der Waals surface area contributed by atoms with Gasteiger partial charge in [-0.15, -0.1) is 0 Å². The SMILES string of the molecule is CC(C)=C[C@H]1[C@H](C(=O)NCCS(=O)(=O)N2CCc3ccccc32)C1(C)C. The predicted molar refractivity (Wildman–Crippen MR) is 104 cm³/mol. The summed E-state index contributed by atoms with van der Waals surface area (Å²) < 4.78 is 26.8. The van der Waals surface area contributed by atoms with Gasteiger partial charge in [0.2, 0.25) is 15.9 Å². The summed E-state index contributed by atoms with van der Waals surface area (Å²) in [4.78, 5) is 12.5. The van der Waals surface area contributed by atoms with Crippen LogP contribution in [0, 0.1) is 17.3 Å². The number of nitrogens with zero attached hydrogens (tertiary/aromatic N) is 1. The molecule has 1 aromatic carbocycles. The van der Waals surface area contributed by atoms with Gasteiger partial charge >= 0.3 is 0 Å². The fourth-order valence-corrected chi connectivity index (χ4v) is 5.40. The maximum atomic E-state index is 12.7. The minimum Gasteiger partial charge on any atom is -0.355 e. The van der Waals surface area contributed by atoms with E-state index in [1.807, 2.05) is 38.1 Å². The number of sulfonamides is 1. The van der Waals surface area contributed by atoms with Crippen molar-refractivity contribution in [3.63, 3.8) is 0 Å². The fourth-order valence-electron chi connectivity index (χ4n) is 3.97. The van der Waals surface area contributed by atoms with Crippen LogP contribution in [0.5, 0.6) is 0 Å². The van der Waals surface area contributed by atoms with Crippen molar-refractivity contribution in [3.8, 4) is 0 Å². The van der Waals surface area contributed by atoms with Crippen LogP contribution in [0.2, 0.25) is 0 Å². The standard InChI is InChI=1S/C20H28N2O3S/c1-14(2)13-16-18(20(16,3)4)19(23)21-10-12-26(24,25)22-11-9-15-7-5-6-8-17(15)22/h5-8,13,16,18H,9-12H2,1-4H3,(H,21,23)/t16-,18+/m0/s1. The first-order valence-corrected chi connectivity index (χ1v) is 10.8. The highest BCUT2D eigenvalue weighted by Crippen LogP contribution is 2.59. The van der Waals surface area contributed by atoms with Gasteiger partial charge in [0.05, 0.1) is 17.4 Å². The lowest BCUT2D eigenvalue weighted by atomic mass is 10.1. The third-order valence-corrected chi connectivity index (χ3v) is 7.32. The average molecular weight is 377 g/mol. The molecule has 1 saturated carbocycles. The molecular formula is C20H28N2O3S. The summed E-state index contributed by atoms with van der Waals surface area (Å²) in [7, 11) is -3.43. The van der Waals surface area contributed by atoms with Crippen LogP contribution in [0.1, 0.15) is 33.3 Å².